The minimum atomic E-state index is -0.890. The van der Waals surface area contributed by atoms with Gasteiger partial charge in [0.25, 0.3) is 0 Å². The summed E-state index contributed by atoms with van der Waals surface area (Å²) in [5, 5.41) is 26.9. The van der Waals surface area contributed by atoms with Gasteiger partial charge < -0.3 is 30.3 Å². The molecule has 4 N–H and O–H groups in total. The van der Waals surface area contributed by atoms with Gasteiger partial charge in [-0.25, -0.2) is 4.79 Å². The maximum atomic E-state index is 12.9. The standard InChI is InChI=1S/C34H46N2O7/c1-7-22(2)33(40)35-25(5)34(41)43-30-17-12-10-8-9-11-16-29(42-6)21-31(38)36-27-18-26(19-28(37)20-27)15-13-14-23(3)32(39)24(30)4/h7-12,14,16,18-20,24-25,29-30,32,37,39H,13,15,17,21H2,1-6H3,(H,35,40)(H,36,38)/b9-8-,12-10-,16-11-,22-7+,23-14-/t24?,25-,29?,30?,32?/m1/s1. The lowest BCUT2D eigenvalue weighted by Gasteiger charge is -2.29. The fourth-order valence-electron chi connectivity index (χ4n) is 4.45. The summed E-state index contributed by atoms with van der Waals surface area (Å²) >= 11 is 0. The molecule has 4 unspecified atom stereocenters. The van der Waals surface area contributed by atoms with Crippen LogP contribution in [0.15, 0.2) is 78.0 Å². The van der Waals surface area contributed by atoms with Crippen molar-refractivity contribution in [2.45, 2.75) is 84.7 Å². The average Bonchev–Trinajstić information content (AvgIpc) is 2.96. The molecule has 5 atom stereocenters. The molecule has 0 aliphatic carbocycles. The smallest absolute Gasteiger partial charge is 0.328 e. The summed E-state index contributed by atoms with van der Waals surface area (Å²) in [5.41, 5.74) is 2.52. The molecular weight excluding hydrogens is 548 g/mol. The zero-order chi connectivity index (χ0) is 31.9. The van der Waals surface area contributed by atoms with Crippen molar-refractivity contribution >= 4 is 23.5 Å². The van der Waals surface area contributed by atoms with Gasteiger partial charge in [0.15, 0.2) is 0 Å². The van der Waals surface area contributed by atoms with E-state index in [1.165, 1.54) is 13.2 Å². The van der Waals surface area contributed by atoms with Crippen LogP contribution in [-0.4, -0.2) is 59.5 Å². The topological polar surface area (TPSA) is 134 Å². The Labute approximate surface area is 255 Å². The maximum Gasteiger partial charge on any atom is 0.328 e. The second-order valence-corrected chi connectivity index (χ2v) is 10.8. The second kappa shape index (κ2) is 17.9. The number of amides is 2. The number of rotatable bonds is 5. The van der Waals surface area contributed by atoms with Crippen molar-refractivity contribution in [3.05, 3.63) is 83.5 Å². The number of phenolic OH excluding ortho intramolecular Hbond substituents is 1. The number of methoxy groups -OCH3 is 1. The van der Waals surface area contributed by atoms with Gasteiger partial charge in [-0.15, -0.1) is 0 Å². The Morgan fingerprint density at radius 2 is 1.88 bits per heavy atom. The largest absolute Gasteiger partial charge is 0.508 e. The number of nitrogens with one attached hydrogen (secondary N) is 2. The highest BCUT2D eigenvalue weighted by Crippen LogP contribution is 2.24. The third-order valence-corrected chi connectivity index (χ3v) is 7.32. The fraction of sp³-hybridized carbons (Fsp3) is 0.441. The van der Waals surface area contributed by atoms with Gasteiger partial charge in [0.05, 0.1) is 18.6 Å². The number of hydrogen-bond acceptors (Lipinski definition) is 7. The number of fused-ring (bicyclic) bond motifs is 2. The molecular formula is C34H46N2O7. The van der Waals surface area contributed by atoms with Crippen LogP contribution < -0.4 is 10.6 Å². The number of carbonyl (C=O) groups is 3. The van der Waals surface area contributed by atoms with Gasteiger partial charge in [-0.1, -0.05) is 55.5 Å². The van der Waals surface area contributed by atoms with Crippen LogP contribution in [0.1, 0.15) is 59.4 Å². The predicted octanol–water partition coefficient (Wildman–Crippen LogP) is 5.07. The Bertz CT molecular complexity index is 1260. The zero-order valence-corrected chi connectivity index (χ0v) is 26.0. The second-order valence-electron chi connectivity index (χ2n) is 10.8. The first-order chi connectivity index (χ1) is 20.4. The molecule has 1 aromatic rings. The average molecular weight is 595 g/mol. The minimum Gasteiger partial charge on any atom is -0.508 e. The van der Waals surface area contributed by atoms with E-state index in [9.17, 15) is 24.6 Å². The first-order valence-electron chi connectivity index (χ1n) is 14.6. The van der Waals surface area contributed by atoms with E-state index in [1.807, 2.05) is 38.1 Å². The van der Waals surface area contributed by atoms with E-state index in [0.717, 1.165) is 11.1 Å². The lowest BCUT2D eigenvalue weighted by Crippen LogP contribution is -2.43. The number of hydrogen-bond donors (Lipinski definition) is 4. The van der Waals surface area contributed by atoms with Crippen molar-refractivity contribution in [3.63, 3.8) is 0 Å². The van der Waals surface area contributed by atoms with Gasteiger partial charge in [0.2, 0.25) is 11.8 Å². The Hall–Kier alpha value is -3.95. The van der Waals surface area contributed by atoms with Gasteiger partial charge in [0, 0.05) is 36.8 Å². The van der Waals surface area contributed by atoms with Crippen LogP contribution in [0.25, 0.3) is 0 Å². The maximum absolute atomic E-state index is 12.9. The molecule has 1 aromatic carbocycles. The molecule has 43 heavy (non-hydrogen) atoms. The molecule has 234 valence electrons. The highest BCUT2D eigenvalue weighted by Gasteiger charge is 2.30. The summed E-state index contributed by atoms with van der Waals surface area (Å²) in [6.07, 6.45) is 13.9. The Morgan fingerprint density at radius 1 is 1.16 bits per heavy atom. The number of aliphatic hydroxyl groups is 1. The molecule has 2 bridgehead atoms. The summed E-state index contributed by atoms with van der Waals surface area (Å²) in [5.74, 6) is -1.60. The summed E-state index contributed by atoms with van der Waals surface area (Å²) in [7, 11) is 1.53. The predicted molar refractivity (Wildman–Crippen MR) is 168 cm³/mol. The van der Waals surface area contributed by atoms with E-state index in [-0.39, 0.29) is 24.0 Å². The van der Waals surface area contributed by atoms with Crippen molar-refractivity contribution in [1.82, 2.24) is 5.32 Å². The highest BCUT2D eigenvalue weighted by molar-refractivity contribution is 5.95. The zero-order valence-electron chi connectivity index (χ0n) is 26.0. The molecule has 0 spiro atoms. The number of esters is 1. The minimum absolute atomic E-state index is 0.0392. The van der Waals surface area contributed by atoms with Crippen LogP contribution >= 0.6 is 0 Å². The Balaban J connectivity index is 2.32. The third-order valence-electron chi connectivity index (χ3n) is 7.32. The highest BCUT2D eigenvalue weighted by atomic mass is 16.5. The number of phenols is 1. The summed E-state index contributed by atoms with van der Waals surface area (Å²) in [4.78, 5) is 37.8. The molecule has 9 nitrogen and oxygen atoms in total. The first-order valence-corrected chi connectivity index (χ1v) is 14.6. The monoisotopic (exact) mass is 594 g/mol. The van der Waals surface area contributed by atoms with Crippen LogP contribution in [0.3, 0.4) is 0 Å². The number of aromatic hydroxyl groups is 1. The first kappa shape index (κ1) is 35.2. The molecule has 1 aliphatic heterocycles. The number of aliphatic hydroxyl groups excluding tert-OH is 1. The molecule has 0 radical (unpaired) electrons. The van der Waals surface area contributed by atoms with E-state index < -0.39 is 36.2 Å². The summed E-state index contributed by atoms with van der Waals surface area (Å²) < 4.78 is 11.2. The number of anilines is 1. The summed E-state index contributed by atoms with van der Waals surface area (Å²) in [6.45, 7) is 8.62. The molecule has 2 amide bonds. The van der Waals surface area contributed by atoms with Crippen LogP contribution in [0.2, 0.25) is 0 Å². The Kier molecular flexibility index (Phi) is 14.7. The molecule has 0 saturated carbocycles. The van der Waals surface area contributed by atoms with Crippen molar-refractivity contribution < 1.29 is 34.1 Å². The van der Waals surface area contributed by atoms with E-state index in [1.54, 1.807) is 57.2 Å². The van der Waals surface area contributed by atoms with Crippen LogP contribution in [0.5, 0.6) is 5.75 Å². The van der Waals surface area contributed by atoms with Gasteiger partial charge in [-0.05, 0) is 63.8 Å². The molecule has 1 heterocycles. The van der Waals surface area contributed by atoms with Gasteiger partial charge >= 0.3 is 5.97 Å². The number of aryl methyl sites for hydroxylation is 1. The quantitative estimate of drug-likeness (QED) is 0.213. The third kappa shape index (κ3) is 12.1. The lowest BCUT2D eigenvalue weighted by molar-refractivity contribution is -0.156. The van der Waals surface area contributed by atoms with Crippen molar-refractivity contribution in [2.75, 3.05) is 12.4 Å². The summed E-state index contributed by atoms with van der Waals surface area (Å²) in [6, 6.07) is 4.07. The number of carbonyl (C=O) groups excluding carboxylic acids is 3. The van der Waals surface area contributed by atoms with Crippen molar-refractivity contribution in [1.29, 1.82) is 0 Å². The van der Waals surface area contributed by atoms with E-state index in [2.05, 4.69) is 10.6 Å². The molecule has 2 rings (SSSR count). The SMILES string of the molecule is C/C=C(\C)C(=O)N[C@H](C)C(=O)OC1C\C=C/C=C\C=C/C(OC)CC(=O)Nc2cc(O)cc(c2)CC/C=C(/C)C(O)C1C. The molecule has 0 saturated heterocycles. The molecule has 0 fully saturated rings. The van der Waals surface area contributed by atoms with Crippen LogP contribution in [0, 0.1) is 5.92 Å². The van der Waals surface area contributed by atoms with Gasteiger partial charge in [-0.3, -0.25) is 9.59 Å². The van der Waals surface area contributed by atoms with E-state index >= 15 is 0 Å². The molecule has 0 aromatic heterocycles. The van der Waals surface area contributed by atoms with Crippen molar-refractivity contribution in [3.8, 4) is 5.75 Å². The molecule has 1 aliphatic rings. The Morgan fingerprint density at radius 3 is 2.58 bits per heavy atom. The fourth-order valence-corrected chi connectivity index (χ4v) is 4.45. The van der Waals surface area contributed by atoms with Gasteiger partial charge in [-0.2, -0.15) is 0 Å². The van der Waals surface area contributed by atoms with Crippen LogP contribution in [-0.2, 0) is 30.3 Å². The van der Waals surface area contributed by atoms with Crippen molar-refractivity contribution in [2.24, 2.45) is 5.92 Å². The number of ether oxygens (including phenoxy) is 2. The normalized spacial score (nSPS) is 26.8. The number of benzene rings is 1. The van der Waals surface area contributed by atoms with Gasteiger partial charge in [0.1, 0.15) is 17.9 Å². The van der Waals surface area contributed by atoms with Crippen LogP contribution in [0.4, 0.5) is 5.69 Å². The van der Waals surface area contributed by atoms with E-state index in [0.29, 0.717) is 30.5 Å². The number of allylic oxidation sites excluding steroid dienone is 6. The lowest BCUT2D eigenvalue weighted by atomic mass is 9.90. The van der Waals surface area contributed by atoms with E-state index in [4.69, 9.17) is 9.47 Å². The molecule has 9 heteroatoms.